The van der Waals surface area contributed by atoms with Crippen LogP contribution in [0.1, 0.15) is 80.2 Å². The number of halogens is 1. The van der Waals surface area contributed by atoms with Gasteiger partial charge in [0.15, 0.2) is 5.15 Å². The molecule has 4 rings (SSSR count). The van der Waals surface area contributed by atoms with Gasteiger partial charge in [-0.2, -0.15) is 5.21 Å². The molecule has 0 fully saturated rings. The lowest BCUT2D eigenvalue weighted by Crippen LogP contribution is -2.43. The summed E-state index contributed by atoms with van der Waals surface area (Å²) in [5.74, 6) is -1.22. The highest BCUT2D eigenvalue weighted by molar-refractivity contribution is 6.32. The number of nitrogens with zero attached hydrogens (tertiary/aromatic N) is 7. The van der Waals surface area contributed by atoms with Crippen molar-refractivity contribution in [2.45, 2.75) is 77.3 Å². The molecule has 0 aliphatic carbocycles. The van der Waals surface area contributed by atoms with Gasteiger partial charge in [0.1, 0.15) is 17.6 Å². The SMILES string of the molecule is CCCCc1nc(Cl)c(C(=O)NC(CCC(=O)OCCCCO[N+](=O)[O-])C(=O)OCCCCO[N+](=O)[O-])n1Cc1ccc(-c2ccccc2-c2nn[nH]n2)cc1. The Kier molecular flexibility index (Phi) is 16.9. The average molecular weight is 800 g/mol. The molecule has 1 atom stereocenters. The Morgan fingerprint density at radius 1 is 0.893 bits per heavy atom. The first-order valence-corrected chi connectivity index (χ1v) is 18.3. The Balaban J connectivity index is 1.50. The number of carbonyl (C=O) groups excluding carboxylic acids is 3. The number of unbranched alkanes of at least 4 members (excludes halogenated alkanes) is 3. The van der Waals surface area contributed by atoms with Crippen molar-refractivity contribution in [3.8, 4) is 22.5 Å². The molecule has 56 heavy (non-hydrogen) atoms. The summed E-state index contributed by atoms with van der Waals surface area (Å²) in [4.78, 5) is 73.4. The van der Waals surface area contributed by atoms with Crippen molar-refractivity contribution in [3.05, 3.63) is 91.0 Å². The van der Waals surface area contributed by atoms with E-state index in [-0.39, 0.29) is 75.9 Å². The molecule has 20 nitrogen and oxygen atoms in total. The summed E-state index contributed by atoms with van der Waals surface area (Å²) in [5, 5.41) is 35.8. The number of aryl methyl sites for hydroxylation is 1. The number of aromatic nitrogens is 6. The van der Waals surface area contributed by atoms with Crippen molar-refractivity contribution >= 4 is 29.4 Å². The fourth-order valence-electron chi connectivity index (χ4n) is 5.51. The van der Waals surface area contributed by atoms with Crippen LogP contribution in [0.5, 0.6) is 0 Å². The Morgan fingerprint density at radius 2 is 1.54 bits per heavy atom. The van der Waals surface area contributed by atoms with E-state index >= 15 is 0 Å². The topological polar surface area (TPSA) is 259 Å². The Hall–Kier alpha value is -6.18. The normalized spacial score (nSPS) is 11.4. The molecule has 0 saturated carbocycles. The first-order chi connectivity index (χ1) is 27.1. The highest BCUT2D eigenvalue weighted by atomic mass is 35.5. The molecule has 1 amide bonds. The molecule has 2 aromatic carbocycles. The zero-order valence-electron chi connectivity index (χ0n) is 30.6. The van der Waals surface area contributed by atoms with Crippen LogP contribution < -0.4 is 5.32 Å². The van der Waals surface area contributed by atoms with Gasteiger partial charge in [0, 0.05) is 24.9 Å². The maximum absolute atomic E-state index is 14.0. The quantitative estimate of drug-likeness (QED) is 0.0398. The van der Waals surface area contributed by atoms with Crippen LogP contribution in [0.3, 0.4) is 0 Å². The number of benzene rings is 2. The number of imidazole rings is 1. The van der Waals surface area contributed by atoms with Crippen LogP contribution in [0.2, 0.25) is 5.15 Å². The van der Waals surface area contributed by atoms with E-state index < -0.39 is 34.1 Å². The van der Waals surface area contributed by atoms with Gasteiger partial charge in [-0.1, -0.05) is 73.5 Å². The molecule has 0 bridgehead atoms. The zero-order valence-corrected chi connectivity index (χ0v) is 31.4. The fraction of sp³-hybridized carbons (Fsp3) is 0.457. The number of tetrazole rings is 1. The number of aromatic amines is 1. The first kappa shape index (κ1) is 42.6. The van der Waals surface area contributed by atoms with Gasteiger partial charge in [0.25, 0.3) is 16.1 Å². The molecule has 0 radical (unpaired) electrons. The second kappa shape index (κ2) is 22.3. The van der Waals surface area contributed by atoms with Gasteiger partial charge in [-0.25, -0.2) is 9.78 Å². The van der Waals surface area contributed by atoms with Crippen molar-refractivity contribution < 1.29 is 43.7 Å². The summed E-state index contributed by atoms with van der Waals surface area (Å²) in [6, 6.07) is 14.0. The van der Waals surface area contributed by atoms with Crippen LogP contribution in [0.25, 0.3) is 22.5 Å². The molecule has 0 saturated heterocycles. The van der Waals surface area contributed by atoms with Gasteiger partial charge in [0.05, 0.1) is 26.4 Å². The van der Waals surface area contributed by atoms with Gasteiger partial charge in [-0.15, -0.1) is 30.4 Å². The van der Waals surface area contributed by atoms with E-state index in [0.29, 0.717) is 24.5 Å². The molecular weight excluding hydrogens is 758 g/mol. The summed E-state index contributed by atoms with van der Waals surface area (Å²) in [6.45, 7) is 1.75. The molecule has 0 aliphatic rings. The molecule has 2 N–H and O–H groups in total. The van der Waals surface area contributed by atoms with Crippen molar-refractivity contribution in [3.63, 3.8) is 0 Å². The van der Waals surface area contributed by atoms with E-state index in [1.165, 1.54) is 0 Å². The predicted molar refractivity (Wildman–Crippen MR) is 197 cm³/mol. The molecule has 1 unspecified atom stereocenters. The minimum Gasteiger partial charge on any atom is -0.466 e. The highest BCUT2D eigenvalue weighted by Gasteiger charge is 2.29. The van der Waals surface area contributed by atoms with E-state index in [9.17, 15) is 34.6 Å². The van der Waals surface area contributed by atoms with Gasteiger partial charge in [-0.3, -0.25) is 9.59 Å². The molecule has 0 aliphatic heterocycles. The predicted octanol–water partition coefficient (Wildman–Crippen LogP) is 4.72. The van der Waals surface area contributed by atoms with E-state index in [2.05, 4.69) is 40.6 Å². The summed E-state index contributed by atoms with van der Waals surface area (Å²) in [6.07, 6.45) is 2.73. The largest absolute Gasteiger partial charge is 0.466 e. The molecule has 21 heteroatoms. The summed E-state index contributed by atoms with van der Waals surface area (Å²) >= 11 is 6.61. The Bertz CT molecular complexity index is 1910. The number of hydrogen-bond donors (Lipinski definition) is 2. The second-order valence-electron chi connectivity index (χ2n) is 12.3. The van der Waals surface area contributed by atoms with Gasteiger partial charge < -0.3 is 29.0 Å². The molecule has 2 aromatic heterocycles. The third kappa shape index (κ3) is 13.3. The van der Waals surface area contributed by atoms with Crippen molar-refractivity contribution in [2.75, 3.05) is 26.4 Å². The smallest absolute Gasteiger partial charge is 0.328 e. The van der Waals surface area contributed by atoms with Crippen molar-refractivity contribution in [1.82, 2.24) is 35.5 Å². The Morgan fingerprint density at radius 3 is 2.16 bits per heavy atom. The standard InChI is InChI=1S/C35H42ClN9O11/c1-2-3-12-29-38-32(36)31(43(29)23-24-13-15-25(16-14-24)26-10-4-5-11-27(26)33-39-41-42-40-33)34(47)37-28(35(48)54-20-7-9-22-56-45(51)52)17-18-30(46)53-19-6-8-21-55-44(49)50/h4-5,10-11,13-16,28H,2-3,6-9,12,17-23H2,1H3,(H,37,47)(H,39,40,41,42). The van der Waals surface area contributed by atoms with Crippen LogP contribution in [-0.4, -0.2) is 90.7 Å². The second-order valence-corrected chi connectivity index (χ2v) is 12.7. The number of carbonyl (C=O) groups is 3. The molecule has 300 valence electrons. The summed E-state index contributed by atoms with van der Waals surface area (Å²) in [5.41, 5.74) is 3.43. The molecular formula is C35H42ClN9O11. The average Bonchev–Trinajstić information content (AvgIpc) is 3.83. The number of rotatable bonds is 25. The highest BCUT2D eigenvalue weighted by Crippen LogP contribution is 2.30. The first-order valence-electron chi connectivity index (χ1n) is 17.9. The van der Waals surface area contributed by atoms with Crippen molar-refractivity contribution in [2.24, 2.45) is 0 Å². The number of ether oxygens (including phenoxy) is 2. The minimum absolute atomic E-state index is 0.0125. The van der Waals surface area contributed by atoms with E-state index in [4.69, 9.17) is 21.1 Å². The number of nitrogens with one attached hydrogen (secondary N) is 2. The molecule has 2 heterocycles. The van der Waals surface area contributed by atoms with Crippen LogP contribution >= 0.6 is 11.6 Å². The van der Waals surface area contributed by atoms with Crippen LogP contribution in [-0.2, 0) is 41.7 Å². The van der Waals surface area contributed by atoms with E-state index in [1.807, 2.05) is 55.5 Å². The van der Waals surface area contributed by atoms with Gasteiger partial charge >= 0.3 is 11.9 Å². The monoisotopic (exact) mass is 799 g/mol. The third-order valence-electron chi connectivity index (χ3n) is 8.30. The van der Waals surface area contributed by atoms with Crippen LogP contribution in [0.4, 0.5) is 0 Å². The Labute approximate surface area is 325 Å². The fourth-order valence-corrected chi connectivity index (χ4v) is 5.80. The maximum atomic E-state index is 14.0. The number of hydrogen-bond acceptors (Lipinski definition) is 15. The van der Waals surface area contributed by atoms with Gasteiger partial charge in [-0.05, 0) is 60.4 Å². The summed E-state index contributed by atoms with van der Waals surface area (Å²) < 4.78 is 12.2. The number of amides is 1. The number of esters is 2. The lowest BCUT2D eigenvalue weighted by molar-refractivity contribution is -0.757. The minimum atomic E-state index is -1.31. The van der Waals surface area contributed by atoms with Crippen LogP contribution in [0.15, 0.2) is 48.5 Å². The third-order valence-corrected chi connectivity index (χ3v) is 8.56. The van der Waals surface area contributed by atoms with Gasteiger partial charge in [0.2, 0.25) is 5.82 Å². The van der Waals surface area contributed by atoms with E-state index in [1.54, 1.807) is 4.57 Å². The summed E-state index contributed by atoms with van der Waals surface area (Å²) in [7, 11) is 0. The lowest BCUT2D eigenvalue weighted by atomic mass is 9.98. The lowest BCUT2D eigenvalue weighted by Gasteiger charge is -2.19. The number of H-pyrrole nitrogens is 1. The molecule has 4 aromatic rings. The van der Waals surface area contributed by atoms with Crippen molar-refractivity contribution in [1.29, 1.82) is 0 Å². The van der Waals surface area contributed by atoms with Crippen LogP contribution in [0, 0.1) is 20.2 Å². The zero-order chi connectivity index (χ0) is 40.3. The molecule has 0 spiro atoms. The van der Waals surface area contributed by atoms with E-state index in [0.717, 1.165) is 35.1 Å². The maximum Gasteiger partial charge on any atom is 0.328 e.